The SMILES string of the molecule is CCNC(=NCc1cccnc1OCC(F)(F)F)NCc1c(C)nn(C)c1C. The zero-order valence-corrected chi connectivity index (χ0v) is 16.4. The van der Waals surface area contributed by atoms with Gasteiger partial charge in [-0.15, -0.1) is 0 Å². The monoisotopic (exact) mass is 398 g/mol. The molecule has 2 aromatic rings. The molecule has 0 aliphatic heterocycles. The lowest BCUT2D eigenvalue weighted by Gasteiger charge is -2.13. The number of hydrogen-bond donors (Lipinski definition) is 2. The molecule has 0 spiro atoms. The van der Waals surface area contributed by atoms with Crippen LogP contribution in [-0.4, -0.2) is 40.1 Å². The summed E-state index contributed by atoms with van der Waals surface area (Å²) in [5.41, 5.74) is 3.52. The number of aryl methyl sites for hydroxylation is 2. The normalized spacial score (nSPS) is 12.2. The van der Waals surface area contributed by atoms with Crippen molar-refractivity contribution in [3.05, 3.63) is 40.8 Å². The van der Waals surface area contributed by atoms with Crippen LogP contribution in [0, 0.1) is 13.8 Å². The summed E-state index contributed by atoms with van der Waals surface area (Å²) in [6.07, 6.45) is -3.04. The molecule has 0 fully saturated rings. The number of halogens is 3. The van der Waals surface area contributed by atoms with Crippen LogP contribution in [0.3, 0.4) is 0 Å². The molecule has 10 heteroatoms. The highest BCUT2D eigenvalue weighted by molar-refractivity contribution is 5.79. The van der Waals surface area contributed by atoms with Crippen LogP contribution in [0.1, 0.15) is 29.4 Å². The Morgan fingerprint density at radius 3 is 2.64 bits per heavy atom. The van der Waals surface area contributed by atoms with Gasteiger partial charge >= 0.3 is 6.18 Å². The van der Waals surface area contributed by atoms with E-state index in [4.69, 9.17) is 4.74 Å². The van der Waals surface area contributed by atoms with Gasteiger partial charge in [0, 0.05) is 43.2 Å². The first-order valence-electron chi connectivity index (χ1n) is 8.86. The second-order valence-corrected chi connectivity index (χ2v) is 6.19. The maximum atomic E-state index is 12.4. The number of nitrogens with one attached hydrogen (secondary N) is 2. The van der Waals surface area contributed by atoms with Gasteiger partial charge in [-0.05, 0) is 26.8 Å². The predicted octanol–water partition coefficient (Wildman–Crippen LogP) is 2.63. The number of aromatic nitrogens is 3. The average molecular weight is 398 g/mol. The van der Waals surface area contributed by atoms with Gasteiger partial charge < -0.3 is 15.4 Å². The number of aliphatic imine (C=N–C) groups is 1. The Kier molecular flexibility index (Phi) is 7.24. The van der Waals surface area contributed by atoms with Crippen molar-refractivity contribution in [1.82, 2.24) is 25.4 Å². The Balaban J connectivity index is 2.08. The maximum absolute atomic E-state index is 12.4. The molecule has 2 rings (SSSR count). The summed E-state index contributed by atoms with van der Waals surface area (Å²) >= 11 is 0. The first-order valence-corrected chi connectivity index (χ1v) is 8.86. The Labute approximate surface area is 162 Å². The van der Waals surface area contributed by atoms with Crippen molar-refractivity contribution >= 4 is 5.96 Å². The summed E-state index contributed by atoms with van der Waals surface area (Å²) in [6.45, 7) is 5.76. The Bertz CT molecular complexity index is 816. The third-order valence-electron chi connectivity index (χ3n) is 4.07. The highest BCUT2D eigenvalue weighted by Crippen LogP contribution is 2.20. The fraction of sp³-hybridized carbons (Fsp3) is 0.500. The molecule has 0 saturated heterocycles. The summed E-state index contributed by atoms with van der Waals surface area (Å²) in [5, 5.41) is 10.7. The Morgan fingerprint density at radius 2 is 2.04 bits per heavy atom. The van der Waals surface area contributed by atoms with Crippen molar-refractivity contribution in [1.29, 1.82) is 0 Å². The van der Waals surface area contributed by atoms with Gasteiger partial charge in [0.2, 0.25) is 5.88 Å². The first-order chi connectivity index (χ1) is 13.2. The Hall–Kier alpha value is -2.78. The van der Waals surface area contributed by atoms with Gasteiger partial charge in [0.25, 0.3) is 0 Å². The molecule has 154 valence electrons. The van der Waals surface area contributed by atoms with Crippen LogP contribution in [0.15, 0.2) is 23.3 Å². The van der Waals surface area contributed by atoms with Gasteiger partial charge in [-0.2, -0.15) is 18.3 Å². The number of hydrogen-bond acceptors (Lipinski definition) is 4. The van der Waals surface area contributed by atoms with E-state index in [2.05, 4.69) is 25.7 Å². The molecule has 0 amide bonds. The van der Waals surface area contributed by atoms with Crippen molar-refractivity contribution in [2.24, 2.45) is 12.0 Å². The van der Waals surface area contributed by atoms with E-state index in [9.17, 15) is 13.2 Å². The lowest BCUT2D eigenvalue weighted by Crippen LogP contribution is -2.37. The van der Waals surface area contributed by atoms with Crippen LogP contribution < -0.4 is 15.4 Å². The summed E-state index contributed by atoms with van der Waals surface area (Å²) in [5.74, 6) is 0.467. The van der Waals surface area contributed by atoms with Crippen molar-refractivity contribution < 1.29 is 17.9 Å². The van der Waals surface area contributed by atoms with E-state index >= 15 is 0 Å². The molecule has 2 aromatic heterocycles. The van der Waals surface area contributed by atoms with E-state index < -0.39 is 12.8 Å². The van der Waals surface area contributed by atoms with Crippen LogP contribution >= 0.6 is 0 Å². The molecule has 28 heavy (non-hydrogen) atoms. The summed E-state index contributed by atoms with van der Waals surface area (Å²) in [7, 11) is 1.88. The third-order valence-corrected chi connectivity index (χ3v) is 4.07. The fourth-order valence-corrected chi connectivity index (χ4v) is 2.58. The molecular formula is C18H25F3N6O. The van der Waals surface area contributed by atoms with Crippen molar-refractivity contribution in [2.45, 2.75) is 40.0 Å². The molecule has 0 atom stereocenters. The second-order valence-electron chi connectivity index (χ2n) is 6.19. The molecular weight excluding hydrogens is 373 g/mol. The number of guanidine groups is 1. The van der Waals surface area contributed by atoms with Crippen LogP contribution in [0.5, 0.6) is 5.88 Å². The minimum Gasteiger partial charge on any atom is -0.468 e. The van der Waals surface area contributed by atoms with Gasteiger partial charge in [-0.3, -0.25) is 4.68 Å². The quantitative estimate of drug-likeness (QED) is 0.554. The summed E-state index contributed by atoms with van der Waals surface area (Å²) in [4.78, 5) is 8.32. The van der Waals surface area contributed by atoms with E-state index in [0.717, 1.165) is 17.0 Å². The zero-order chi connectivity index (χ0) is 20.7. The van der Waals surface area contributed by atoms with Crippen LogP contribution in [0.4, 0.5) is 13.2 Å². The number of alkyl halides is 3. The highest BCUT2D eigenvalue weighted by atomic mass is 19.4. The second kappa shape index (κ2) is 9.43. The number of pyridine rings is 1. The fourth-order valence-electron chi connectivity index (χ4n) is 2.58. The van der Waals surface area contributed by atoms with Gasteiger partial charge in [-0.25, -0.2) is 9.98 Å². The highest BCUT2D eigenvalue weighted by Gasteiger charge is 2.29. The topological polar surface area (TPSA) is 76.4 Å². The lowest BCUT2D eigenvalue weighted by molar-refractivity contribution is -0.154. The number of rotatable bonds is 7. The van der Waals surface area contributed by atoms with E-state index in [1.807, 2.05) is 32.5 Å². The van der Waals surface area contributed by atoms with Crippen molar-refractivity contribution in [3.63, 3.8) is 0 Å². The molecule has 0 aromatic carbocycles. The smallest absolute Gasteiger partial charge is 0.422 e. The van der Waals surface area contributed by atoms with Gasteiger partial charge in [0.05, 0.1) is 12.2 Å². The molecule has 2 heterocycles. The molecule has 0 radical (unpaired) electrons. The van der Waals surface area contributed by atoms with Crippen molar-refractivity contribution in [2.75, 3.05) is 13.2 Å². The minimum atomic E-state index is -4.42. The summed E-state index contributed by atoms with van der Waals surface area (Å²) < 4.78 is 43.8. The Morgan fingerprint density at radius 1 is 1.29 bits per heavy atom. The average Bonchev–Trinajstić information content (AvgIpc) is 2.87. The molecule has 2 N–H and O–H groups in total. The summed E-state index contributed by atoms with van der Waals surface area (Å²) in [6, 6.07) is 3.27. The molecule has 0 saturated carbocycles. The van der Waals surface area contributed by atoms with E-state index in [1.165, 1.54) is 6.20 Å². The minimum absolute atomic E-state index is 0.0710. The zero-order valence-electron chi connectivity index (χ0n) is 16.4. The van der Waals surface area contributed by atoms with E-state index in [0.29, 0.717) is 24.6 Å². The van der Waals surface area contributed by atoms with Crippen LogP contribution in [0.25, 0.3) is 0 Å². The van der Waals surface area contributed by atoms with Crippen molar-refractivity contribution in [3.8, 4) is 5.88 Å². The molecule has 0 unspecified atom stereocenters. The number of ether oxygens (including phenoxy) is 1. The third kappa shape index (κ3) is 6.14. The van der Waals surface area contributed by atoms with E-state index in [-0.39, 0.29) is 12.4 Å². The molecule has 0 aliphatic carbocycles. The van der Waals surface area contributed by atoms with E-state index in [1.54, 1.807) is 12.1 Å². The van der Waals surface area contributed by atoms with Crippen LogP contribution in [-0.2, 0) is 20.1 Å². The molecule has 0 aliphatic rings. The first kappa shape index (κ1) is 21.5. The number of nitrogens with zero attached hydrogens (tertiary/aromatic N) is 4. The standard InChI is InChI=1S/C18H25F3N6O/c1-5-22-17(25-10-15-12(2)26-27(4)13(15)3)24-9-14-7-6-8-23-16(14)28-11-18(19,20)21/h6-8H,5,9-11H2,1-4H3,(H2,22,24,25). The molecule has 0 bridgehead atoms. The molecule has 7 nitrogen and oxygen atoms in total. The van der Waals surface area contributed by atoms with Gasteiger partial charge in [0.15, 0.2) is 12.6 Å². The largest absolute Gasteiger partial charge is 0.468 e. The van der Waals surface area contributed by atoms with Gasteiger partial charge in [-0.1, -0.05) is 6.07 Å². The lowest BCUT2D eigenvalue weighted by atomic mass is 10.2. The maximum Gasteiger partial charge on any atom is 0.422 e. The predicted molar refractivity (Wildman–Crippen MR) is 100 cm³/mol. The van der Waals surface area contributed by atoms with Gasteiger partial charge in [0.1, 0.15) is 0 Å². The van der Waals surface area contributed by atoms with Crippen LogP contribution in [0.2, 0.25) is 0 Å².